The van der Waals surface area contributed by atoms with E-state index in [4.69, 9.17) is 11.5 Å². The Hall–Kier alpha value is -2.49. The molecule has 0 fully saturated rings. The Kier molecular flexibility index (Phi) is 4.25. The van der Waals surface area contributed by atoms with Crippen molar-refractivity contribution in [1.82, 2.24) is 0 Å². The van der Waals surface area contributed by atoms with E-state index in [0.717, 1.165) is 29.9 Å². The van der Waals surface area contributed by atoms with Crippen LogP contribution >= 0.6 is 0 Å². The van der Waals surface area contributed by atoms with Crippen molar-refractivity contribution in [3.63, 3.8) is 0 Å². The Labute approximate surface area is 118 Å². The SMILES string of the molecule is Cc1cc(NCCc2ccc(N)cc2)ccc1C(N)=O. The van der Waals surface area contributed by atoms with Gasteiger partial charge in [-0.3, -0.25) is 4.79 Å². The van der Waals surface area contributed by atoms with Gasteiger partial charge in [0.05, 0.1) is 0 Å². The maximum atomic E-state index is 11.2. The molecule has 2 aromatic carbocycles. The average molecular weight is 269 g/mol. The van der Waals surface area contributed by atoms with Crippen molar-refractivity contribution < 1.29 is 4.79 Å². The molecule has 0 aliphatic heterocycles. The zero-order valence-corrected chi connectivity index (χ0v) is 11.5. The molecule has 0 saturated carbocycles. The van der Waals surface area contributed by atoms with Crippen LogP contribution in [0, 0.1) is 6.92 Å². The third kappa shape index (κ3) is 3.51. The van der Waals surface area contributed by atoms with Crippen LogP contribution < -0.4 is 16.8 Å². The van der Waals surface area contributed by atoms with Gasteiger partial charge in [0, 0.05) is 23.5 Å². The summed E-state index contributed by atoms with van der Waals surface area (Å²) in [6.07, 6.45) is 0.914. The molecule has 4 heteroatoms. The number of benzene rings is 2. The number of anilines is 2. The van der Waals surface area contributed by atoms with Crippen molar-refractivity contribution in [2.24, 2.45) is 5.73 Å². The molecule has 0 bridgehead atoms. The quantitative estimate of drug-likeness (QED) is 0.729. The molecule has 104 valence electrons. The van der Waals surface area contributed by atoms with E-state index >= 15 is 0 Å². The van der Waals surface area contributed by atoms with E-state index in [1.165, 1.54) is 5.56 Å². The van der Waals surface area contributed by atoms with E-state index in [1.807, 2.05) is 43.3 Å². The van der Waals surface area contributed by atoms with Crippen molar-refractivity contribution in [3.05, 3.63) is 59.2 Å². The van der Waals surface area contributed by atoms with Crippen molar-refractivity contribution >= 4 is 17.3 Å². The van der Waals surface area contributed by atoms with Gasteiger partial charge in [-0.2, -0.15) is 0 Å². The minimum atomic E-state index is -0.393. The molecular formula is C16H19N3O. The van der Waals surface area contributed by atoms with Gasteiger partial charge >= 0.3 is 0 Å². The van der Waals surface area contributed by atoms with Crippen molar-refractivity contribution in [2.75, 3.05) is 17.6 Å². The molecule has 2 aromatic rings. The van der Waals surface area contributed by atoms with Gasteiger partial charge in [-0.1, -0.05) is 12.1 Å². The van der Waals surface area contributed by atoms with Crippen molar-refractivity contribution in [3.8, 4) is 0 Å². The number of amides is 1. The number of hydrogen-bond acceptors (Lipinski definition) is 3. The summed E-state index contributed by atoms with van der Waals surface area (Å²) in [6, 6.07) is 13.4. The van der Waals surface area contributed by atoms with Crippen LogP contribution in [0.4, 0.5) is 11.4 Å². The summed E-state index contributed by atoms with van der Waals surface area (Å²) in [5.41, 5.74) is 15.4. The Morgan fingerprint density at radius 2 is 1.85 bits per heavy atom. The molecule has 0 radical (unpaired) electrons. The number of aryl methyl sites for hydroxylation is 1. The van der Waals surface area contributed by atoms with E-state index in [9.17, 15) is 4.79 Å². The third-order valence-corrected chi connectivity index (χ3v) is 3.21. The lowest BCUT2D eigenvalue weighted by atomic mass is 10.1. The normalized spacial score (nSPS) is 10.2. The summed E-state index contributed by atoms with van der Waals surface area (Å²) >= 11 is 0. The number of nitrogen functional groups attached to an aromatic ring is 1. The van der Waals surface area contributed by atoms with Gasteiger partial charge in [0.2, 0.25) is 5.91 Å². The van der Waals surface area contributed by atoms with E-state index in [2.05, 4.69) is 5.32 Å². The molecule has 0 atom stereocenters. The smallest absolute Gasteiger partial charge is 0.248 e. The summed E-state index contributed by atoms with van der Waals surface area (Å²) in [6.45, 7) is 2.70. The molecule has 0 unspecified atom stereocenters. The molecule has 5 N–H and O–H groups in total. The fraction of sp³-hybridized carbons (Fsp3) is 0.188. The molecule has 0 heterocycles. The van der Waals surface area contributed by atoms with Gasteiger partial charge in [0.1, 0.15) is 0 Å². The summed E-state index contributed by atoms with van der Waals surface area (Å²) < 4.78 is 0. The average Bonchev–Trinajstić information content (AvgIpc) is 2.41. The molecule has 0 aromatic heterocycles. The fourth-order valence-electron chi connectivity index (χ4n) is 2.09. The van der Waals surface area contributed by atoms with Crippen LogP contribution in [0.3, 0.4) is 0 Å². The van der Waals surface area contributed by atoms with Crippen molar-refractivity contribution in [1.29, 1.82) is 0 Å². The first-order valence-electron chi connectivity index (χ1n) is 6.55. The lowest BCUT2D eigenvalue weighted by Gasteiger charge is -2.09. The molecular weight excluding hydrogens is 250 g/mol. The topological polar surface area (TPSA) is 81.1 Å². The molecule has 0 saturated heterocycles. The largest absolute Gasteiger partial charge is 0.399 e. The number of carbonyl (C=O) groups excluding carboxylic acids is 1. The first-order valence-corrected chi connectivity index (χ1v) is 6.55. The summed E-state index contributed by atoms with van der Waals surface area (Å²) in [5, 5.41) is 3.33. The highest BCUT2D eigenvalue weighted by molar-refractivity contribution is 5.94. The van der Waals surface area contributed by atoms with E-state index in [-0.39, 0.29) is 0 Å². The predicted molar refractivity (Wildman–Crippen MR) is 82.7 cm³/mol. The molecule has 4 nitrogen and oxygen atoms in total. The second-order valence-corrected chi connectivity index (χ2v) is 4.81. The second-order valence-electron chi connectivity index (χ2n) is 4.81. The maximum Gasteiger partial charge on any atom is 0.248 e. The number of rotatable bonds is 5. The van der Waals surface area contributed by atoms with E-state index < -0.39 is 5.91 Å². The van der Waals surface area contributed by atoms with Gasteiger partial charge in [0.25, 0.3) is 0 Å². The van der Waals surface area contributed by atoms with Gasteiger partial charge in [0.15, 0.2) is 0 Å². The first-order chi connectivity index (χ1) is 9.56. The molecule has 2 rings (SSSR count). The number of carbonyl (C=O) groups is 1. The number of nitrogens with two attached hydrogens (primary N) is 2. The zero-order chi connectivity index (χ0) is 14.5. The minimum Gasteiger partial charge on any atom is -0.399 e. The molecule has 1 amide bonds. The molecule has 20 heavy (non-hydrogen) atoms. The standard InChI is InChI=1S/C16H19N3O/c1-11-10-14(6-7-15(11)16(18)20)19-9-8-12-2-4-13(17)5-3-12/h2-7,10,19H,8-9,17H2,1H3,(H2,18,20). The number of hydrogen-bond donors (Lipinski definition) is 3. The fourth-order valence-corrected chi connectivity index (χ4v) is 2.09. The van der Waals surface area contributed by atoms with E-state index in [1.54, 1.807) is 6.07 Å². The highest BCUT2D eigenvalue weighted by atomic mass is 16.1. The number of primary amides is 1. The Morgan fingerprint density at radius 1 is 1.15 bits per heavy atom. The summed E-state index contributed by atoms with van der Waals surface area (Å²) in [4.78, 5) is 11.2. The van der Waals surface area contributed by atoms with Crippen LogP contribution in [0.5, 0.6) is 0 Å². The minimum absolute atomic E-state index is 0.393. The Bertz CT molecular complexity index is 606. The van der Waals surface area contributed by atoms with E-state index in [0.29, 0.717) is 5.56 Å². The highest BCUT2D eigenvalue weighted by Crippen LogP contribution is 2.15. The second kappa shape index (κ2) is 6.10. The first kappa shape index (κ1) is 13.9. The van der Waals surface area contributed by atoms with Gasteiger partial charge in [-0.05, 0) is 54.8 Å². The lowest BCUT2D eigenvalue weighted by Crippen LogP contribution is -2.13. The van der Waals surface area contributed by atoms with Crippen molar-refractivity contribution in [2.45, 2.75) is 13.3 Å². The molecule has 0 spiro atoms. The van der Waals surface area contributed by atoms with Gasteiger partial charge in [-0.15, -0.1) is 0 Å². The molecule has 0 aliphatic carbocycles. The van der Waals surface area contributed by atoms with Crippen LogP contribution in [0.2, 0.25) is 0 Å². The van der Waals surface area contributed by atoms with Gasteiger partial charge in [-0.25, -0.2) is 0 Å². The summed E-state index contributed by atoms with van der Waals surface area (Å²) in [7, 11) is 0. The zero-order valence-electron chi connectivity index (χ0n) is 11.5. The van der Waals surface area contributed by atoms with Crippen LogP contribution in [-0.2, 0) is 6.42 Å². The summed E-state index contributed by atoms with van der Waals surface area (Å²) in [5.74, 6) is -0.393. The van der Waals surface area contributed by atoms with Gasteiger partial charge < -0.3 is 16.8 Å². The highest BCUT2D eigenvalue weighted by Gasteiger charge is 2.04. The predicted octanol–water partition coefficient (Wildman–Crippen LogP) is 2.33. The lowest BCUT2D eigenvalue weighted by molar-refractivity contribution is 0.1000. The van der Waals surface area contributed by atoms with Crippen LogP contribution in [0.25, 0.3) is 0 Å². The Morgan fingerprint density at radius 3 is 2.45 bits per heavy atom. The van der Waals surface area contributed by atoms with Crippen LogP contribution in [0.1, 0.15) is 21.5 Å². The monoisotopic (exact) mass is 269 g/mol. The maximum absolute atomic E-state index is 11.2. The number of nitrogens with one attached hydrogen (secondary N) is 1. The third-order valence-electron chi connectivity index (χ3n) is 3.21. The van der Waals surface area contributed by atoms with Crippen LogP contribution in [-0.4, -0.2) is 12.5 Å². The Balaban J connectivity index is 1.92. The van der Waals surface area contributed by atoms with Crippen LogP contribution in [0.15, 0.2) is 42.5 Å². The molecule has 0 aliphatic rings.